The molecule has 0 aromatic heterocycles. The van der Waals surface area contributed by atoms with Crippen molar-refractivity contribution in [3.05, 3.63) is 11.6 Å². The molecule has 0 rings (SSSR count). The van der Waals surface area contributed by atoms with Crippen LogP contribution >= 0.6 is 0 Å². The first-order valence-electron chi connectivity index (χ1n) is 3.43. The van der Waals surface area contributed by atoms with Crippen LogP contribution in [-0.4, -0.2) is 0 Å². The molecule has 0 aliphatic rings. The average molecular weight is 114 g/mol. The molecule has 0 atom stereocenters. The summed E-state index contributed by atoms with van der Waals surface area (Å²) in [5.74, 6) is 0. The molecule has 0 heteroatoms. The minimum absolute atomic E-state index is 1.19. The van der Waals surface area contributed by atoms with Crippen LogP contribution in [0.25, 0.3) is 0 Å². The Hall–Kier alpha value is -0.260. The summed E-state index contributed by atoms with van der Waals surface area (Å²) in [5.41, 5.74) is 1.47. The smallest absolute Gasteiger partial charge is 0.0352 e. The van der Waals surface area contributed by atoms with E-state index in [9.17, 15) is 0 Å². The summed E-state index contributed by atoms with van der Waals surface area (Å²) in [6, 6.07) is 0. The zero-order valence-corrected chi connectivity index (χ0v) is 6.78. The fraction of sp³-hybridized carbons (Fsp3) is 0.750. The van der Waals surface area contributed by atoms with Crippen molar-refractivity contribution in [2.24, 2.45) is 0 Å². The molecule has 0 unspecified atom stereocenters. The van der Waals surface area contributed by atoms with Crippen LogP contribution in [0.1, 0.15) is 41.0 Å². The molecule has 0 aromatic rings. The van der Waals surface area contributed by atoms with Crippen LogP contribution in [0.3, 0.4) is 0 Å². The maximum Gasteiger partial charge on any atom is -0.0352 e. The molecule has 0 saturated heterocycles. The van der Waals surface area contributed by atoms with E-state index >= 15 is 0 Å². The molecule has 0 bridgehead atoms. The largest absolute Gasteiger partial charge is 0.0887 e. The molecular weight excluding hydrogens is 96.1 g/mol. The summed E-state index contributed by atoms with van der Waals surface area (Å²) in [6.07, 6.45) is 3.33. The molecule has 0 N–H and O–H groups in total. The van der Waals surface area contributed by atoms with Gasteiger partial charge in [0.15, 0.2) is 0 Å². The summed E-state index contributed by atoms with van der Waals surface area (Å²) in [7, 11) is 0. The van der Waals surface area contributed by atoms with Crippen LogP contribution in [-0.2, 0) is 0 Å². The third-order valence-electron chi connectivity index (χ3n) is 1.05. The van der Waals surface area contributed by atoms with E-state index in [1.54, 1.807) is 0 Å². The van der Waals surface area contributed by atoms with Gasteiger partial charge in [-0.1, -0.05) is 32.4 Å². The third-order valence-corrected chi connectivity index (χ3v) is 1.05. The Kier molecular flexibility index (Phi) is 13.2. The third kappa shape index (κ3) is 9.22. The van der Waals surface area contributed by atoms with Crippen molar-refractivity contribution < 1.29 is 0 Å². The topological polar surface area (TPSA) is 0 Å². The Morgan fingerprint density at radius 2 is 1.75 bits per heavy atom. The molecule has 0 fully saturated rings. The Labute approximate surface area is 53.6 Å². The van der Waals surface area contributed by atoms with Crippen LogP contribution in [0.5, 0.6) is 0 Å². The summed E-state index contributed by atoms with van der Waals surface area (Å²) >= 11 is 0. The first kappa shape index (κ1) is 10.7. The molecule has 0 amide bonds. The highest BCUT2D eigenvalue weighted by molar-refractivity contribution is 4.93. The van der Waals surface area contributed by atoms with Gasteiger partial charge in [0.1, 0.15) is 0 Å². The van der Waals surface area contributed by atoms with Crippen molar-refractivity contribution in [2.75, 3.05) is 0 Å². The lowest BCUT2D eigenvalue weighted by atomic mass is 10.2. The highest BCUT2D eigenvalue weighted by Crippen LogP contribution is 1.94. The van der Waals surface area contributed by atoms with Gasteiger partial charge in [0.25, 0.3) is 0 Å². The molecule has 0 aliphatic carbocycles. The average Bonchev–Trinajstić information content (AvgIpc) is 1.91. The zero-order chi connectivity index (χ0) is 6.99. The second-order valence-corrected chi connectivity index (χ2v) is 1.49. The molecule has 0 spiro atoms. The molecular formula is C8H18. The van der Waals surface area contributed by atoms with Gasteiger partial charge in [-0.05, 0) is 20.3 Å². The van der Waals surface area contributed by atoms with Crippen molar-refractivity contribution in [1.29, 1.82) is 0 Å². The van der Waals surface area contributed by atoms with Gasteiger partial charge in [0.05, 0.1) is 0 Å². The van der Waals surface area contributed by atoms with E-state index < -0.39 is 0 Å². The lowest BCUT2D eigenvalue weighted by Gasteiger charge is -1.85. The Morgan fingerprint density at radius 3 is 1.75 bits per heavy atom. The van der Waals surface area contributed by atoms with Crippen molar-refractivity contribution >= 4 is 0 Å². The van der Waals surface area contributed by atoms with E-state index in [1.807, 2.05) is 13.8 Å². The first-order chi connectivity index (χ1) is 3.81. The maximum atomic E-state index is 2.16. The lowest BCUT2D eigenvalue weighted by Crippen LogP contribution is -1.63. The van der Waals surface area contributed by atoms with Gasteiger partial charge in [-0.15, -0.1) is 0 Å². The van der Waals surface area contributed by atoms with Gasteiger partial charge in [0, 0.05) is 0 Å². The molecule has 0 saturated carbocycles. The second kappa shape index (κ2) is 9.88. The summed E-state index contributed by atoms with van der Waals surface area (Å²) < 4.78 is 0. The molecule has 0 heterocycles. The summed E-state index contributed by atoms with van der Waals surface area (Å²) in [6.45, 7) is 10.4. The molecule has 0 nitrogen and oxygen atoms in total. The van der Waals surface area contributed by atoms with E-state index in [4.69, 9.17) is 0 Å². The van der Waals surface area contributed by atoms with Crippen molar-refractivity contribution in [2.45, 2.75) is 41.0 Å². The molecule has 8 heavy (non-hydrogen) atoms. The maximum absolute atomic E-state index is 2.16. The van der Waals surface area contributed by atoms with Gasteiger partial charge >= 0.3 is 0 Å². The molecule has 0 aliphatic heterocycles. The van der Waals surface area contributed by atoms with E-state index in [0.29, 0.717) is 0 Å². The van der Waals surface area contributed by atoms with Crippen molar-refractivity contribution in [1.82, 2.24) is 0 Å². The number of rotatable bonds is 1. The molecule has 50 valence electrons. The van der Waals surface area contributed by atoms with Gasteiger partial charge in [-0.25, -0.2) is 0 Å². The molecule has 0 radical (unpaired) electrons. The fourth-order valence-corrected chi connectivity index (χ4v) is 0.204. The van der Waals surface area contributed by atoms with Gasteiger partial charge in [-0.3, -0.25) is 0 Å². The zero-order valence-electron chi connectivity index (χ0n) is 6.78. The van der Waals surface area contributed by atoms with E-state index in [-0.39, 0.29) is 0 Å². The van der Waals surface area contributed by atoms with Gasteiger partial charge in [0.2, 0.25) is 0 Å². The predicted molar refractivity (Wildman–Crippen MR) is 41.1 cm³/mol. The van der Waals surface area contributed by atoms with E-state index in [1.165, 1.54) is 12.0 Å². The fourth-order valence-electron chi connectivity index (χ4n) is 0.204. The monoisotopic (exact) mass is 114 g/mol. The van der Waals surface area contributed by atoms with Crippen LogP contribution in [0.4, 0.5) is 0 Å². The SMILES string of the molecule is C/C=C(\C)CC.CC. The van der Waals surface area contributed by atoms with Crippen molar-refractivity contribution in [3.8, 4) is 0 Å². The predicted octanol–water partition coefficient (Wildman–Crippen LogP) is 3.39. The van der Waals surface area contributed by atoms with E-state index in [0.717, 1.165) is 0 Å². The van der Waals surface area contributed by atoms with Crippen LogP contribution in [0.2, 0.25) is 0 Å². The van der Waals surface area contributed by atoms with Crippen LogP contribution in [0.15, 0.2) is 11.6 Å². The van der Waals surface area contributed by atoms with Crippen LogP contribution < -0.4 is 0 Å². The lowest BCUT2D eigenvalue weighted by molar-refractivity contribution is 1.09. The normalized spacial score (nSPS) is 9.88. The Balaban J connectivity index is 0. The van der Waals surface area contributed by atoms with Crippen LogP contribution in [0, 0.1) is 0 Å². The van der Waals surface area contributed by atoms with Crippen molar-refractivity contribution in [3.63, 3.8) is 0 Å². The quantitative estimate of drug-likeness (QED) is 0.458. The highest BCUT2D eigenvalue weighted by Gasteiger charge is 1.73. The minimum atomic E-state index is 1.19. The summed E-state index contributed by atoms with van der Waals surface area (Å²) in [5, 5.41) is 0. The number of hydrogen-bond acceptors (Lipinski definition) is 0. The standard InChI is InChI=1S/C6H12.C2H6/c1-4-6(3)5-2;1-2/h4H,5H2,1-3H3;1-2H3/b6-4+;. The number of allylic oxidation sites excluding steroid dienone is 2. The minimum Gasteiger partial charge on any atom is -0.0887 e. The molecule has 0 aromatic carbocycles. The highest BCUT2D eigenvalue weighted by atomic mass is 13.8. The second-order valence-electron chi connectivity index (χ2n) is 1.49. The first-order valence-corrected chi connectivity index (χ1v) is 3.43. The number of hydrogen-bond donors (Lipinski definition) is 0. The van der Waals surface area contributed by atoms with E-state index in [2.05, 4.69) is 26.8 Å². The Morgan fingerprint density at radius 1 is 1.38 bits per heavy atom. The van der Waals surface area contributed by atoms with Gasteiger partial charge in [-0.2, -0.15) is 0 Å². The van der Waals surface area contributed by atoms with Gasteiger partial charge < -0.3 is 0 Å². The Bertz CT molecular complexity index is 51.1. The summed E-state index contributed by atoms with van der Waals surface area (Å²) in [4.78, 5) is 0.